The van der Waals surface area contributed by atoms with Crippen molar-refractivity contribution in [2.75, 3.05) is 12.5 Å². The first-order valence-electron chi connectivity index (χ1n) is 9.46. The summed E-state index contributed by atoms with van der Waals surface area (Å²) in [5.74, 6) is 1.16. The lowest BCUT2D eigenvalue weighted by molar-refractivity contribution is 0.415. The van der Waals surface area contributed by atoms with E-state index in [-0.39, 0.29) is 0 Å². The molecule has 0 aliphatic carbocycles. The molecule has 0 bridgehead atoms. The van der Waals surface area contributed by atoms with E-state index in [1.165, 1.54) is 0 Å². The van der Waals surface area contributed by atoms with Crippen molar-refractivity contribution in [2.45, 2.75) is 0 Å². The molecule has 0 saturated carbocycles. The third-order valence-corrected chi connectivity index (χ3v) is 4.97. The maximum absolute atomic E-state index is 5.52. The number of hydrogen-bond acceptors (Lipinski definition) is 6. The fraction of sp³-hybridized carbons (Fsp3) is 0.0435. The minimum absolute atomic E-state index is 0.418. The molecule has 7 heteroatoms. The number of fused-ring (bicyclic) bond motifs is 2. The monoisotopic (exact) mass is 394 g/mol. The quantitative estimate of drug-likeness (QED) is 0.353. The summed E-state index contributed by atoms with van der Waals surface area (Å²) in [5, 5.41) is 20.8. The molecule has 0 fully saturated rings. The van der Waals surface area contributed by atoms with Crippen LogP contribution in [0.15, 0.2) is 84.0 Å². The Kier molecular flexibility index (Phi) is 4.53. The number of hydrogen-bond donors (Lipinski definition) is 1. The number of anilines is 1. The Morgan fingerprint density at radius 2 is 1.60 bits per heavy atom. The van der Waals surface area contributed by atoms with Gasteiger partial charge in [-0.2, -0.15) is 9.78 Å². The third-order valence-electron chi connectivity index (χ3n) is 4.97. The van der Waals surface area contributed by atoms with E-state index in [2.05, 4.69) is 44.3 Å². The maximum atomic E-state index is 5.52. The average molecular weight is 394 g/mol. The predicted molar refractivity (Wildman–Crippen MR) is 118 cm³/mol. The number of methoxy groups -OCH3 is 1. The normalized spacial score (nSPS) is 11.4. The molecule has 5 rings (SSSR count). The lowest BCUT2D eigenvalue weighted by atomic mass is 10.0. The highest BCUT2D eigenvalue weighted by molar-refractivity contribution is 6.02. The number of aromatic nitrogens is 4. The van der Waals surface area contributed by atoms with E-state index < -0.39 is 0 Å². The first-order valence-corrected chi connectivity index (χ1v) is 9.46. The zero-order valence-corrected chi connectivity index (χ0v) is 16.2. The molecule has 0 aliphatic heterocycles. The average Bonchev–Trinajstić information content (AvgIpc) is 3.27. The zero-order valence-electron chi connectivity index (χ0n) is 16.2. The lowest BCUT2D eigenvalue weighted by Crippen LogP contribution is -2.04. The largest absolute Gasteiger partial charge is 0.496 e. The van der Waals surface area contributed by atoms with Gasteiger partial charge in [0.25, 0.3) is 5.95 Å². The molecule has 1 heterocycles. The second kappa shape index (κ2) is 7.63. The van der Waals surface area contributed by atoms with E-state index >= 15 is 0 Å². The fourth-order valence-electron chi connectivity index (χ4n) is 3.55. The highest BCUT2D eigenvalue weighted by Crippen LogP contribution is 2.27. The maximum Gasteiger partial charge on any atom is 0.268 e. The van der Waals surface area contributed by atoms with E-state index in [0.717, 1.165) is 38.5 Å². The van der Waals surface area contributed by atoms with Crippen LogP contribution in [0.1, 0.15) is 5.56 Å². The third kappa shape index (κ3) is 3.12. The highest BCUT2D eigenvalue weighted by Gasteiger charge is 2.11. The fourth-order valence-corrected chi connectivity index (χ4v) is 3.55. The molecular weight excluding hydrogens is 376 g/mol. The van der Waals surface area contributed by atoms with Gasteiger partial charge in [0, 0.05) is 10.9 Å². The second-order valence-electron chi connectivity index (χ2n) is 6.69. The highest BCUT2D eigenvalue weighted by atomic mass is 16.5. The number of nitrogens with one attached hydrogen (secondary N) is 1. The summed E-state index contributed by atoms with van der Waals surface area (Å²) < 4.78 is 7.16. The number of nitrogens with zero attached hydrogens (tertiary/aromatic N) is 5. The van der Waals surface area contributed by atoms with Gasteiger partial charge in [-0.15, -0.1) is 0 Å². The van der Waals surface area contributed by atoms with Crippen LogP contribution in [-0.2, 0) is 0 Å². The summed E-state index contributed by atoms with van der Waals surface area (Å²) in [7, 11) is 1.65. The summed E-state index contributed by atoms with van der Waals surface area (Å²) in [6, 6.07) is 26.2. The number of ether oxygens (including phenoxy) is 1. The van der Waals surface area contributed by atoms with Crippen LogP contribution >= 0.6 is 0 Å². The van der Waals surface area contributed by atoms with Gasteiger partial charge in [0.05, 0.1) is 19.0 Å². The van der Waals surface area contributed by atoms with Crippen molar-refractivity contribution in [2.24, 2.45) is 5.10 Å². The lowest BCUT2D eigenvalue weighted by Gasteiger charge is -2.09. The van der Waals surface area contributed by atoms with Gasteiger partial charge in [0.15, 0.2) is 0 Å². The van der Waals surface area contributed by atoms with Gasteiger partial charge in [0.2, 0.25) is 0 Å². The van der Waals surface area contributed by atoms with E-state index in [1.807, 2.05) is 60.7 Å². The van der Waals surface area contributed by atoms with Crippen LogP contribution in [0.5, 0.6) is 5.75 Å². The molecule has 4 aromatic carbocycles. The van der Waals surface area contributed by atoms with Crippen molar-refractivity contribution in [3.8, 4) is 11.4 Å². The van der Waals surface area contributed by atoms with Gasteiger partial charge in [-0.25, -0.2) is 5.43 Å². The van der Waals surface area contributed by atoms with Crippen molar-refractivity contribution < 1.29 is 4.74 Å². The van der Waals surface area contributed by atoms with Crippen molar-refractivity contribution in [3.63, 3.8) is 0 Å². The molecule has 1 N–H and O–H groups in total. The van der Waals surface area contributed by atoms with Crippen molar-refractivity contribution in [1.29, 1.82) is 0 Å². The first-order chi connectivity index (χ1) is 14.8. The van der Waals surface area contributed by atoms with Crippen LogP contribution < -0.4 is 10.2 Å². The molecule has 146 valence electrons. The van der Waals surface area contributed by atoms with E-state index in [4.69, 9.17) is 4.74 Å². The Bertz CT molecular complexity index is 1370. The summed E-state index contributed by atoms with van der Waals surface area (Å²) in [5.41, 5.74) is 4.72. The van der Waals surface area contributed by atoms with E-state index in [0.29, 0.717) is 5.95 Å². The van der Waals surface area contributed by atoms with Crippen LogP contribution in [0.4, 0.5) is 5.95 Å². The Morgan fingerprint density at radius 3 is 2.43 bits per heavy atom. The summed E-state index contributed by atoms with van der Waals surface area (Å²) in [6.07, 6.45) is 1.73. The molecule has 5 aromatic rings. The van der Waals surface area contributed by atoms with Gasteiger partial charge in [-0.3, -0.25) is 0 Å². The summed E-state index contributed by atoms with van der Waals surface area (Å²) in [4.78, 5) is 0. The Hall–Kier alpha value is -4.26. The molecule has 0 spiro atoms. The number of hydrazone groups is 1. The van der Waals surface area contributed by atoms with Gasteiger partial charge < -0.3 is 4.74 Å². The van der Waals surface area contributed by atoms with E-state index in [1.54, 1.807) is 18.0 Å². The first kappa shape index (κ1) is 17.8. The molecule has 1 aromatic heterocycles. The van der Waals surface area contributed by atoms with Crippen LogP contribution in [0.3, 0.4) is 0 Å². The summed E-state index contributed by atoms with van der Waals surface area (Å²) in [6.45, 7) is 0. The van der Waals surface area contributed by atoms with Crippen molar-refractivity contribution >= 4 is 33.7 Å². The minimum Gasteiger partial charge on any atom is -0.496 e. The Balaban J connectivity index is 1.50. The van der Waals surface area contributed by atoms with E-state index in [9.17, 15) is 0 Å². The van der Waals surface area contributed by atoms with Crippen molar-refractivity contribution in [3.05, 3.63) is 84.4 Å². The molecule has 7 nitrogen and oxygen atoms in total. The molecule has 0 unspecified atom stereocenters. The standard InChI is InChI=1S/C23H18N6O/c1-30-22-14-13-17-8-2-4-10-18(17)20(22)15-24-25-23-26-27-28-29(23)21-12-6-9-16-7-3-5-11-19(16)21/h2-15H,1H3,(H,25,26,28). The number of benzene rings is 4. The molecular formula is C23H18N6O. The van der Waals surface area contributed by atoms with Crippen molar-refractivity contribution in [1.82, 2.24) is 20.2 Å². The number of rotatable bonds is 5. The molecule has 0 aliphatic rings. The van der Waals surface area contributed by atoms with Crippen LogP contribution in [0.25, 0.3) is 27.2 Å². The van der Waals surface area contributed by atoms with Gasteiger partial charge >= 0.3 is 0 Å². The zero-order chi connectivity index (χ0) is 20.3. The van der Waals surface area contributed by atoms with Crippen LogP contribution in [-0.4, -0.2) is 33.5 Å². The van der Waals surface area contributed by atoms with Gasteiger partial charge in [-0.05, 0) is 38.7 Å². The number of tetrazole rings is 1. The molecule has 0 amide bonds. The Labute approximate surface area is 172 Å². The van der Waals surface area contributed by atoms with Crippen LogP contribution in [0.2, 0.25) is 0 Å². The van der Waals surface area contributed by atoms with Gasteiger partial charge in [-0.1, -0.05) is 71.8 Å². The van der Waals surface area contributed by atoms with Crippen LogP contribution in [0, 0.1) is 0 Å². The molecule has 0 saturated heterocycles. The second-order valence-corrected chi connectivity index (χ2v) is 6.69. The molecule has 0 atom stereocenters. The summed E-state index contributed by atoms with van der Waals surface area (Å²) >= 11 is 0. The smallest absolute Gasteiger partial charge is 0.268 e. The minimum atomic E-state index is 0.418. The SMILES string of the molecule is COc1ccc2ccccc2c1C=NNc1nnnn1-c1cccc2ccccc12. The Morgan fingerprint density at radius 1 is 0.867 bits per heavy atom. The molecule has 0 radical (unpaired) electrons. The van der Waals surface area contributed by atoms with Gasteiger partial charge in [0.1, 0.15) is 5.75 Å². The molecule has 30 heavy (non-hydrogen) atoms. The predicted octanol–water partition coefficient (Wildman–Crippen LogP) is 4.42. The topological polar surface area (TPSA) is 77.2 Å².